The number of imide groups is 1. The molecule has 0 saturated carbocycles. The fourth-order valence-corrected chi connectivity index (χ4v) is 5.32. The topological polar surface area (TPSA) is 154 Å². The van der Waals surface area contributed by atoms with Gasteiger partial charge in [-0.3, -0.25) is 19.2 Å². The first-order valence-corrected chi connectivity index (χ1v) is 13.0. The Morgan fingerprint density at radius 3 is 2.56 bits per heavy atom. The number of benzene rings is 1. The van der Waals surface area contributed by atoms with Crippen molar-refractivity contribution in [3.8, 4) is 17.4 Å². The molecule has 10 nitrogen and oxygen atoms in total. The maximum atomic E-state index is 12.9. The molecule has 0 aliphatic carbocycles. The number of thiazole rings is 1. The van der Waals surface area contributed by atoms with Gasteiger partial charge in [0.1, 0.15) is 23.2 Å². The number of amides is 2. The van der Waals surface area contributed by atoms with Gasteiger partial charge in [-0.1, -0.05) is 0 Å². The Labute approximate surface area is 210 Å². The molecule has 1 aromatic carbocycles. The average Bonchev–Trinajstić information content (AvgIpc) is 3.52. The third-order valence-electron chi connectivity index (χ3n) is 5.29. The number of nitriles is 1. The normalized spacial score (nSPS) is 16.4. The number of sulfonamides is 1. The van der Waals surface area contributed by atoms with Gasteiger partial charge in [0, 0.05) is 22.7 Å². The zero-order chi connectivity index (χ0) is 26.0. The van der Waals surface area contributed by atoms with Crippen LogP contribution in [0.5, 0.6) is 0 Å². The van der Waals surface area contributed by atoms with Gasteiger partial charge in [0.2, 0.25) is 0 Å². The Morgan fingerprint density at radius 2 is 1.94 bits per heavy atom. The summed E-state index contributed by atoms with van der Waals surface area (Å²) in [6.07, 6.45) is 1.96. The van der Waals surface area contributed by atoms with E-state index in [0.29, 0.717) is 17.1 Å². The first kappa shape index (κ1) is 25.1. The van der Waals surface area contributed by atoms with Gasteiger partial charge < -0.3 is 9.52 Å². The summed E-state index contributed by atoms with van der Waals surface area (Å²) < 4.78 is 33.3. The number of anilines is 1. The second kappa shape index (κ2) is 9.90. The van der Waals surface area contributed by atoms with Crippen molar-refractivity contribution >= 4 is 44.4 Å². The SMILES string of the molecule is CC1=C(C#N)C(=O)N(CC(C)O)C(=O)/C1=C\c1ccc(-c2ccc(S(=O)(=O)Nc3nccs3)cc2)o1. The van der Waals surface area contributed by atoms with E-state index in [1.54, 1.807) is 29.6 Å². The maximum absolute atomic E-state index is 12.9. The second-order valence-corrected chi connectivity index (χ2v) is 10.5. The van der Waals surface area contributed by atoms with Crippen molar-refractivity contribution in [2.75, 3.05) is 11.3 Å². The maximum Gasteiger partial charge on any atom is 0.271 e. The van der Waals surface area contributed by atoms with E-state index in [0.717, 1.165) is 4.90 Å². The van der Waals surface area contributed by atoms with E-state index >= 15 is 0 Å². The molecule has 1 atom stereocenters. The molecule has 0 bridgehead atoms. The van der Waals surface area contributed by atoms with Crippen LogP contribution in [0.1, 0.15) is 19.6 Å². The molecule has 0 fully saturated rings. The fourth-order valence-electron chi connectivity index (χ4n) is 3.53. The summed E-state index contributed by atoms with van der Waals surface area (Å²) in [5.74, 6) is -0.685. The highest BCUT2D eigenvalue weighted by Gasteiger charge is 2.36. The van der Waals surface area contributed by atoms with Crippen LogP contribution in [0, 0.1) is 11.3 Å². The Balaban J connectivity index is 1.61. The van der Waals surface area contributed by atoms with Crippen molar-refractivity contribution < 1.29 is 27.5 Å². The number of hydrogen-bond acceptors (Lipinski definition) is 9. The molecule has 3 heterocycles. The number of aliphatic hydroxyl groups excluding tert-OH is 1. The number of aromatic nitrogens is 1. The number of nitrogens with zero attached hydrogens (tertiary/aromatic N) is 3. The van der Waals surface area contributed by atoms with Crippen LogP contribution in [0.3, 0.4) is 0 Å². The van der Waals surface area contributed by atoms with Crippen molar-refractivity contribution in [1.82, 2.24) is 9.88 Å². The van der Waals surface area contributed by atoms with Gasteiger partial charge >= 0.3 is 0 Å². The average molecular weight is 525 g/mol. The molecule has 2 N–H and O–H groups in total. The number of rotatable bonds is 7. The number of nitrogens with one attached hydrogen (secondary N) is 1. The van der Waals surface area contributed by atoms with Crippen LogP contribution in [0.4, 0.5) is 5.13 Å². The summed E-state index contributed by atoms with van der Waals surface area (Å²) in [6.45, 7) is 2.69. The number of aliphatic hydroxyl groups is 1. The monoisotopic (exact) mass is 524 g/mol. The lowest BCUT2D eigenvalue weighted by Gasteiger charge is -2.28. The second-order valence-electron chi connectivity index (χ2n) is 7.91. The summed E-state index contributed by atoms with van der Waals surface area (Å²) in [6, 6.07) is 11.1. The van der Waals surface area contributed by atoms with Gasteiger partial charge in [0.25, 0.3) is 21.8 Å². The summed E-state index contributed by atoms with van der Waals surface area (Å²) in [7, 11) is -3.80. The molecule has 0 spiro atoms. The Hall–Kier alpha value is -4.05. The molecule has 184 valence electrons. The number of carbonyl (C=O) groups is 2. The number of furan rings is 1. The molecule has 0 radical (unpaired) electrons. The standard InChI is InChI=1S/C24H20N4O6S2/c1-14(29)13-28-22(30)19(15(2)20(12-25)23(28)31)11-17-5-8-21(34-17)16-3-6-18(7-4-16)36(32,33)27-24-26-9-10-35-24/h3-11,14,29H,13H2,1-2H3,(H,26,27)/b19-11-. The smallest absolute Gasteiger partial charge is 0.271 e. The molecule has 0 saturated heterocycles. The summed E-state index contributed by atoms with van der Waals surface area (Å²) in [5.41, 5.74) is 0.729. The van der Waals surface area contributed by atoms with Crippen LogP contribution in [0.15, 0.2) is 74.0 Å². The number of carbonyl (C=O) groups excluding carboxylic acids is 2. The van der Waals surface area contributed by atoms with Crippen LogP contribution in [-0.2, 0) is 19.6 Å². The number of β-amino-alcohol motifs (C(OH)–C–C–N with tert-alkyl or cyclic N) is 1. The Morgan fingerprint density at radius 1 is 1.22 bits per heavy atom. The molecule has 1 aliphatic rings. The zero-order valence-corrected chi connectivity index (χ0v) is 20.8. The molecule has 3 aromatic rings. The van der Waals surface area contributed by atoms with Crippen molar-refractivity contribution in [1.29, 1.82) is 5.26 Å². The summed E-state index contributed by atoms with van der Waals surface area (Å²) >= 11 is 1.17. The van der Waals surface area contributed by atoms with Crippen molar-refractivity contribution in [3.05, 3.63) is 70.5 Å². The Bertz CT molecular complexity index is 1530. The largest absolute Gasteiger partial charge is 0.457 e. The highest BCUT2D eigenvalue weighted by atomic mass is 32.2. The molecule has 2 amide bonds. The van der Waals surface area contributed by atoms with Crippen LogP contribution in [-0.4, -0.2) is 47.9 Å². The molecule has 1 aliphatic heterocycles. The minimum absolute atomic E-state index is 0.0517. The van der Waals surface area contributed by atoms with Crippen molar-refractivity contribution in [3.63, 3.8) is 0 Å². The minimum Gasteiger partial charge on any atom is -0.457 e. The predicted molar refractivity (Wildman–Crippen MR) is 132 cm³/mol. The van der Waals surface area contributed by atoms with Crippen molar-refractivity contribution in [2.24, 2.45) is 0 Å². The fraction of sp³-hybridized carbons (Fsp3) is 0.167. The first-order valence-electron chi connectivity index (χ1n) is 10.6. The van der Waals surface area contributed by atoms with Gasteiger partial charge in [0.15, 0.2) is 5.13 Å². The molecular weight excluding hydrogens is 504 g/mol. The lowest BCUT2D eigenvalue weighted by Crippen LogP contribution is -2.45. The zero-order valence-electron chi connectivity index (χ0n) is 19.1. The van der Waals surface area contributed by atoms with E-state index in [1.807, 2.05) is 6.07 Å². The van der Waals surface area contributed by atoms with Crippen LogP contribution >= 0.6 is 11.3 Å². The quantitative estimate of drug-likeness (QED) is 0.353. The highest BCUT2D eigenvalue weighted by Crippen LogP contribution is 2.30. The lowest BCUT2D eigenvalue weighted by molar-refractivity contribution is -0.141. The molecule has 1 unspecified atom stereocenters. The van der Waals surface area contributed by atoms with Gasteiger partial charge in [-0.2, -0.15) is 5.26 Å². The summed E-state index contributed by atoms with van der Waals surface area (Å²) in [5, 5.41) is 21.0. The first-order chi connectivity index (χ1) is 17.1. The van der Waals surface area contributed by atoms with Crippen LogP contribution < -0.4 is 4.72 Å². The molecule has 36 heavy (non-hydrogen) atoms. The predicted octanol–water partition coefficient (Wildman–Crippen LogP) is 3.18. The molecule has 12 heteroatoms. The minimum atomic E-state index is -3.80. The van der Waals surface area contributed by atoms with E-state index in [1.165, 1.54) is 49.6 Å². The van der Waals surface area contributed by atoms with E-state index in [9.17, 15) is 28.4 Å². The summed E-state index contributed by atoms with van der Waals surface area (Å²) in [4.78, 5) is 30.2. The van der Waals surface area contributed by atoms with Gasteiger partial charge in [0.05, 0.1) is 17.5 Å². The molecular formula is C24H20N4O6S2. The van der Waals surface area contributed by atoms with Crippen LogP contribution in [0.2, 0.25) is 0 Å². The lowest BCUT2D eigenvalue weighted by atomic mass is 9.94. The van der Waals surface area contributed by atoms with Crippen LogP contribution in [0.25, 0.3) is 17.4 Å². The number of hydrogen-bond donors (Lipinski definition) is 2. The third-order valence-corrected chi connectivity index (χ3v) is 7.46. The van der Waals surface area contributed by atoms with E-state index in [4.69, 9.17) is 4.42 Å². The molecule has 4 rings (SSSR count). The highest BCUT2D eigenvalue weighted by molar-refractivity contribution is 7.93. The van der Waals surface area contributed by atoms with Crippen molar-refractivity contribution in [2.45, 2.75) is 24.8 Å². The molecule has 2 aromatic heterocycles. The van der Waals surface area contributed by atoms with Gasteiger partial charge in [-0.05, 0) is 61.9 Å². The van der Waals surface area contributed by atoms with E-state index < -0.39 is 27.9 Å². The van der Waals surface area contributed by atoms with E-state index in [-0.39, 0.29) is 33.3 Å². The third kappa shape index (κ3) is 4.99. The van der Waals surface area contributed by atoms with Gasteiger partial charge in [-0.25, -0.2) is 13.4 Å². The van der Waals surface area contributed by atoms with Gasteiger partial charge in [-0.15, -0.1) is 11.3 Å². The van der Waals surface area contributed by atoms with E-state index in [2.05, 4.69) is 9.71 Å². The Kier molecular flexibility index (Phi) is 6.89.